The second-order valence-corrected chi connectivity index (χ2v) is 2.84. The number of rotatable bonds is 2. The molecule has 16 heavy (non-hydrogen) atoms. The first kappa shape index (κ1) is 17.4. The van der Waals surface area contributed by atoms with E-state index in [9.17, 15) is 4.39 Å². The number of nitrogens with one attached hydrogen (secondary N) is 1. The summed E-state index contributed by atoms with van der Waals surface area (Å²) in [6.07, 6.45) is 0. The van der Waals surface area contributed by atoms with E-state index in [1.54, 1.807) is 6.92 Å². The van der Waals surface area contributed by atoms with E-state index in [0.717, 1.165) is 5.57 Å². The average Bonchev–Trinajstić information content (AvgIpc) is 2.35. The molecule has 1 aliphatic heterocycles. The van der Waals surface area contributed by atoms with Gasteiger partial charge in [-0.2, -0.15) is 0 Å². The van der Waals surface area contributed by atoms with Crippen LogP contribution in [0.2, 0.25) is 0 Å². The number of halogens is 1. The number of ether oxygens (including phenoxy) is 1. The van der Waals surface area contributed by atoms with Crippen LogP contribution in [0.15, 0.2) is 22.9 Å². The van der Waals surface area contributed by atoms with E-state index >= 15 is 0 Å². The van der Waals surface area contributed by atoms with Crippen molar-refractivity contribution in [3.05, 3.63) is 22.9 Å². The van der Waals surface area contributed by atoms with Gasteiger partial charge in [0.25, 0.3) is 0 Å². The van der Waals surface area contributed by atoms with E-state index in [1.165, 1.54) is 0 Å². The maximum Gasteiger partial charge on any atom is 0.224 e. The predicted molar refractivity (Wildman–Crippen MR) is 68.8 cm³/mol. The minimum absolute atomic E-state index is 0.263. The van der Waals surface area contributed by atoms with Gasteiger partial charge in [-0.1, -0.05) is 27.7 Å². The van der Waals surface area contributed by atoms with Gasteiger partial charge >= 0.3 is 0 Å². The highest BCUT2D eigenvalue weighted by Crippen LogP contribution is 2.22. The molecule has 2 nitrogen and oxygen atoms in total. The molecule has 96 valence electrons. The molecule has 0 saturated carbocycles. The molecule has 0 atom stereocenters. The van der Waals surface area contributed by atoms with Crippen molar-refractivity contribution in [2.45, 2.75) is 48.5 Å². The molecule has 0 saturated heterocycles. The van der Waals surface area contributed by atoms with Crippen LogP contribution in [0.3, 0.4) is 0 Å². The molecule has 0 unspecified atom stereocenters. The van der Waals surface area contributed by atoms with Gasteiger partial charge in [0.15, 0.2) is 5.83 Å². The van der Waals surface area contributed by atoms with E-state index in [1.807, 2.05) is 41.5 Å². The summed E-state index contributed by atoms with van der Waals surface area (Å²) in [7, 11) is 0. The van der Waals surface area contributed by atoms with E-state index in [4.69, 9.17) is 4.74 Å². The summed E-state index contributed by atoms with van der Waals surface area (Å²) >= 11 is 0. The Kier molecular flexibility index (Phi) is 11.5. The Labute approximate surface area is 99.6 Å². The third kappa shape index (κ3) is 5.19. The van der Waals surface area contributed by atoms with Gasteiger partial charge < -0.3 is 10.1 Å². The summed E-state index contributed by atoms with van der Waals surface area (Å²) in [5.41, 5.74) is 1.72. The van der Waals surface area contributed by atoms with Crippen LogP contribution in [0.1, 0.15) is 48.5 Å². The Morgan fingerprint density at radius 2 is 1.69 bits per heavy atom. The summed E-state index contributed by atoms with van der Waals surface area (Å²) in [5, 5.41) is 2.87. The molecule has 0 fully saturated rings. The maximum absolute atomic E-state index is 13.3. The normalized spacial score (nSPS) is 14.2. The van der Waals surface area contributed by atoms with E-state index in [2.05, 4.69) is 5.32 Å². The summed E-state index contributed by atoms with van der Waals surface area (Å²) in [5.74, 6) is 0.0150. The fraction of sp³-hybridized carbons (Fsp3) is 0.692. The molecule has 3 heteroatoms. The van der Waals surface area contributed by atoms with Crippen molar-refractivity contribution >= 4 is 0 Å². The molecular formula is C13H26FNO. The molecule has 0 spiro atoms. The zero-order valence-corrected chi connectivity index (χ0v) is 11.7. The number of hydrogen-bond acceptors (Lipinski definition) is 2. The topological polar surface area (TPSA) is 21.3 Å². The Hall–Kier alpha value is -0.990. The minimum atomic E-state index is -0.263. The third-order valence-electron chi connectivity index (χ3n) is 1.97. The van der Waals surface area contributed by atoms with Gasteiger partial charge in [0, 0.05) is 6.54 Å². The fourth-order valence-electron chi connectivity index (χ4n) is 1.04. The van der Waals surface area contributed by atoms with Crippen molar-refractivity contribution in [3.8, 4) is 0 Å². The second-order valence-electron chi connectivity index (χ2n) is 2.84. The molecule has 0 aromatic heterocycles. The van der Waals surface area contributed by atoms with Crippen molar-refractivity contribution in [2.75, 3.05) is 13.2 Å². The zero-order chi connectivity index (χ0) is 13.1. The van der Waals surface area contributed by atoms with Crippen LogP contribution in [0.4, 0.5) is 4.39 Å². The Morgan fingerprint density at radius 1 is 1.19 bits per heavy atom. The van der Waals surface area contributed by atoms with Gasteiger partial charge in [0.05, 0.1) is 6.61 Å². The van der Waals surface area contributed by atoms with Gasteiger partial charge in [-0.05, 0) is 31.9 Å². The molecule has 0 aliphatic carbocycles. The highest BCUT2D eigenvalue weighted by Gasteiger charge is 2.16. The van der Waals surface area contributed by atoms with Crippen molar-refractivity contribution in [3.63, 3.8) is 0 Å². The van der Waals surface area contributed by atoms with Crippen molar-refractivity contribution in [1.29, 1.82) is 0 Å². The molecule has 1 heterocycles. The minimum Gasteiger partial charge on any atom is -0.477 e. The lowest BCUT2D eigenvalue weighted by atomic mass is 10.1. The largest absolute Gasteiger partial charge is 0.477 e. The molecule has 1 aliphatic rings. The quantitative estimate of drug-likeness (QED) is 0.770. The molecular weight excluding hydrogens is 205 g/mol. The summed E-state index contributed by atoms with van der Waals surface area (Å²) in [6.45, 7) is 14.7. The summed E-state index contributed by atoms with van der Waals surface area (Å²) in [4.78, 5) is 0. The highest BCUT2D eigenvalue weighted by molar-refractivity contribution is 5.34. The number of allylic oxidation sites excluding steroid dienone is 2. The SMILES string of the molecule is CC.CC.CCOC1=C(F)C(C)=C(C)CN1. The third-order valence-corrected chi connectivity index (χ3v) is 1.97. The van der Waals surface area contributed by atoms with Gasteiger partial charge in [0.2, 0.25) is 5.88 Å². The van der Waals surface area contributed by atoms with Crippen molar-refractivity contribution < 1.29 is 9.13 Å². The standard InChI is InChI=1S/C9H14FNO.2C2H6/c1-4-12-9-8(10)7(3)6(2)5-11-9;2*1-2/h11H,4-5H2,1-3H3;2*1-2H3. The smallest absolute Gasteiger partial charge is 0.224 e. The van der Waals surface area contributed by atoms with Crippen molar-refractivity contribution in [2.24, 2.45) is 0 Å². The predicted octanol–water partition coefficient (Wildman–Crippen LogP) is 4.15. The van der Waals surface area contributed by atoms with Crippen LogP contribution in [0.5, 0.6) is 0 Å². The molecule has 0 bridgehead atoms. The van der Waals surface area contributed by atoms with Crippen LogP contribution in [0.25, 0.3) is 0 Å². The lowest BCUT2D eigenvalue weighted by Crippen LogP contribution is -2.24. The van der Waals surface area contributed by atoms with Gasteiger partial charge in [-0.25, -0.2) is 4.39 Å². The van der Waals surface area contributed by atoms with Crippen LogP contribution in [-0.2, 0) is 4.74 Å². The first-order chi connectivity index (χ1) is 7.66. The Morgan fingerprint density at radius 3 is 2.12 bits per heavy atom. The lowest BCUT2D eigenvalue weighted by molar-refractivity contribution is 0.194. The van der Waals surface area contributed by atoms with Crippen LogP contribution in [-0.4, -0.2) is 13.2 Å². The molecule has 0 amide bonds. The molecule has 1 N–H and O–H groups in total. The zero-order valence-electron chi connectivity index (χ0n) is 11.7. The second kappa shape index (κ2) is 10.5. The van der Waals surface area contributed by atoms with Gasteiger partial charge in [0.1, 0.15) is 0 Å². The first-order valence-corrected chi connectivity index (χ1v) is 6.10. The average molecular weight is 231 g/mol. The molecule has 0 aromatic carbocycles. The van der Waals surface area contributed by atoms with Crippen LogP contribution < -0.4 is 5.32 Å². The van der Waals surface area contributed by atoms with E-state index in [-0.39, 0.29) is 11.7 Å². The highest BCUT2D eigenvalue weighted by atomic mass is 19.1. The molecule has 0 radical (unpaired) electrons. The summed E-state index contributed by atoms with van der Waals surface area (Å²) in [6, 6.07) is 0. The molecule has 1 rings (SSSR count). The number of hydrogen-bond donors (Lipinski definition) is 1. The first-order valence-electron chi connectivity index (χ1n) is 6.10. The van der Waals surface area contributed by atoms with E-state index < -0.39 is 0 Å². The Balaban J connectivity index is 0. The van der Waals surface area contributed by atoms with E-state index in [0.29, 0.717) is 18.7 Å². The monoisotopic (exact) mass is 231 g/mol. The van der Waals surface area contributed by atoms with Crippen LogP contribution in [0, 0.1) is 0 Å². The summed E-state index contributed by atoms with van der Waals surface area (Å²) < 4.78 is 18.4. The molecule has 0 aromatic rings. The van der Waals surface area contributed by atoms with Gasteiger partial charge in [-0.3, -0.25) is 0 Å². The van der Waals surface area contributed by atoms with Crippen molar-refractivity contribution in [1.82, 2.24) is 5.32 Å². The lowest BCUT2D eigenvalue weighted by Gasteiger charge is -2.19. The van der Waals surface area contributed by atoms with Gasteiger partial charge in [-0.15, -0.1) is 0 Å². The number of dihydropyridines is 1. The maximum atomic E-state index is 13.3. The fourth-order valence-corrected chi connectivity index (χ4v) is 1.04. The Bertz CT molecular complexity index is 240. The van der Waals surface area contributed by atoms with Crippen LogP contribution >= 0.6 is 0 Å².